The Bertz CT molecular complexity index is 990. The topological polar surface area (TPSA) is 85.6 Å². The average Bonchev–Trinajstić information content (AvgIpc) is 3.47. The van der Waals surface area contributed by atoms with Gasteiger partial charge in [-0.3, -0.25) is 14.0 Å². The summed E-state index contributed by atoms with van der Waals surface area (Å²) in [6, 6.07) is 5.39. The molecule has 0 spiro atoms. The summed E-state index contributed by atoms with van der Waals surface area (Å²) in [4.78, 5) is 14.5. The Morgan fingerprint density at radius 1 is 1.19 bits per heavy atom. The fourth-order valence-electron chi connectivity index (χ4n) is 3.58. The van der Waals surface area contributed by atoms with Gasteiger partial charge in [0.1, 0.15) is 0 Å². The Morgan fingerprint density at radius 2 is 1.92 bits per heavy atom. The van der Waals surface area contributed by atoms with Crippen LogP contribution in [0.25, 0.3) is 11.0 Å². The number of ether oxygens (including phenoxy) is 1. The Morgan fingerprint density at radius 3 is 2.65 bits per heavy atom. The Hall–Kier alpha value is -1.68. The van der Waals surface area contributed by atoms with E-state index in [1.165, 1.54) is 34.1 Å². The fourth-order valence-corrected chi connectivity index (χ4v) is 4.66. The molecule has 1 aromatic heterocycles. The van der Waals surface area contributed by atoms with Crippen molar-refractivity contribution in [1.82, 2.24) is 18.8 Å². The quantitative estimate of drug-likeness (QED) is 0.790. The molecular weight excluding hydrogens is 356 g/mol. The number of aromatic nitrogens is 2. The number of hydrogen-bond acceptors (Lipinski definition) is 5. The zero-order valence-electron chi connectivity index (χ0n) is 15.0. The van der Waals surface area contributed by atoms with Gasteiger partial charge in [0, 0.05) is 39.8 Å². The van der Waals surface area contributed by atoms with Crippen molar-refractivity contribution in [3.63, 3.8) is 0 Å². The van der Waals surface area contributed by atoms with Crippen LogP contribution < -0.4 is 10.4 Å². The van der Waals surface area contributed by atoms with Crippen LogP contribution in [0.3, 0.4) is 0 Å². The maximum absolute atomic E-state index is 12.7. The lowest BCUT2D eigenvalue weighted by Gasteiger charge is -2.33. The van der Waals surface area contributed by atoms with Gasteiger partial charge in [0.2, 0.25) is 10.0 Å². The largest absolute Gasteiger partial charge is 0.374 e. The summed E-state index contributed by atoms with van der Waals surface area (Å²) in [6.45, 7) is 2.57. The van der Waals surface area contributed by atoms with E-state index in [1.807, 2.05) is 0 Å². The van der Waals surface area contributed by atoms with Crippen LogP contribution in [-0.4, -0.2) is 60.8 Å². The smallest absolute Gasteiger partial charge is 0.328 e. The van der Waals surface area contributed by atoms with Crippen molar-refractivity contribution in [2.45, 2.75) is 29.9 Å². The third-order valence-electron chi connectivity index (χ3n) is 5.29. The van der Waals surface area contributed by atoms with Gasteiger partial charge in [-0.1, -0.05) is 0 Å². The van der Waals surface area contributed by atoms with E-state index in [9.17, 15) is 13.2 Å². The summed E-state index contributed by atoms with van der Waals surface area (Å²) in [5.74, 6) is 0. The highest BCUT2D eigenvalue weighted by Gasteiger charge is 2.33. The molecule has 0 radical (unpaired) electrons. The molecule has 1 aliphatic carbocycles. The second-order valence-corrected chi connectivity index (χ2v) is 8.89. The summed E-state index contributed by atoms with van der Waals surface area (Å²) in [7, 11) is -0.361. The summed E-state index contributed by atoms with van der Waals surface area (Å²) in [5, 5.41) is 0. The minimum Gasteiger partial charge on any atom is -0.374 e. The van der Waals surface area contributed by atoms with E-state index in [-0.39, 0.29) is 23.2 Å². The molecule has 26 heavy (non-hydrogen) atoms. The van der Waals surface area contributed by atoms with E-state index in [0.29, 0.717) is 23.7 Å². The molecule has 2 aliphatic rings. The van der Waals surface area contributed by atoms with Crippen molar-refractivity contribution in [2.24, 2.45) is 14.1 Å². The monoisotopic (exact) mass is 380 g/mol. The van der Waals surface area contributed by atoms with Gasteiger partial charge in [-0.05, 0) is 31.0 Å². The number of morpholine rings is 1. The number of sulfonamides is 1. The standard InChI is InChI=1S/C17H24N4O4S/c1-19-15-6-5-14(9-16(15)20(2)17(19)22)26(23,24)18-10-13-11-21(7-8-25-13)12-3-4-12/h5-6,9,12-13,18H,3-4,7-8,10-11H2,1-2H3/t13-/m1/s1. The number of rotatable bonds is 5. The number of benzene rings is 1. The minimum absolute atomic E-state index is 0.135. The van der Waals surface area contributed by atoms with Crippen molar-refractivity contribution in [3.05, 3.63) is 28.7 Å². The molecule has 8 nitrogen and oxygen atoms in total. The molecule has 2 aromatic rings. The van der Waals surface area contributed by atoms with Crippen LogP contribution in [0.1, 0.15) is 12.8 Å². The lowest BCUT2D eigenvalue weighted by Crippen LogP contribution is -2.48. The van der Waals surface area contributed by atoms with Crippen molar-refractivity contribution in [3.8, 4) is 0 Å². The fraction of sp³-hybridized carbons (Fsp3) is 0.588. The van der Waals surface area contributed by atoms with E-state index < -0.39 is 10.0 Å². The molecule has 1 aliphatic heterocycles. The van der Waals surface area contributed by atoms with Crippen molar-refractivity contribution in [2.75, 3.05) is 26.2 Å². The lowest BCUT2D eigenvalue weighted by atomic mass is 10.2. The van der Waals surface area contributed by atoms with Crippen LogP contribution in [0, 0.1) is 0 Å². The van der Waals surface area contributed by atoms with Crippen molar-refractivity contribution >= 4 is 21.1 Å². The molecule has 0 amide bonds. The van der Waals surface area contributed by atoms with Gasteiger partial charge in [-0.25, -0.2) is 17.9 Å². The Balaban J connectivity index is 1.50. The molecule has 1 saturated heterocycles. The molecular formula is C17H24N4O4S. The van der Waals surface area contributed by atoms with E-state index in [4.69, 9.17) is 4.74 Å². The van der Waals surface area contributed by atoms with Gasteiger partial charge >= 0.3 is 5.69 Å². The summed E-state index contributed by atoms with van der Waals surface area (Å²) in [6.07, 6.45) is 2.33. The minimum atomic E-state index is -3.67. The normalized spacial score (nSPS) is 22.2. The number of imidazole rings is 1. The van der Waals surface area contributed by atoms with Gasteiger partial charge < -0.3 is 4.74 Å². The molecule has 9 heteroatoms. The molecule has 1 aromatic carbocycles. The molecule has 2 heterocycles. The average molecular weight is 380 g/mol. The van der Waals surface area contributed by atoms with E-state index in [2.05, 4.69) is 9.62 Å². The number of nitrogens with zero attached hydrogens (tertiary/aromatic N) is 3. The van der Waals surface area contributed by atoms with Gasteiger partial charge in [-0.2, -0.15) is 0 Å². The van der Waals surface area contributed by atoms with Crippen LogP contribution in [-0.2, 0) is 28.9 Å². The van der Waals surface area contributed by atoms with Crippen molar-refractivity contribution < 1.29 is 13.2 Å². The molecule has 1 saturated carbocycles. The SMILES string of the molecule is Cn1c(=O)n(C)c2cc(S(=O)(=O)NC[C@@H]3CN(C4CC4)CCO3)ccc21. The zero-order valence-corrected chi connectivity index (χ0v) is 15.8. The van der Waals surface area contributed by atoms with E-state index >= 15 is 0 Å². The highest BCUT2D eigenvalue weighted by atomic mass is 32.2. The lowest BCUT2D eigenvalue weighted by molar-refractivity contribution is -0.0277. The predicted octanol–water partition coefficient (Wildman–Crippen LogP) is 0.0185. The molecule has 142 valence electrons. The van der Waals surface area contributed by atoms with Crippen LogP contribution in [0.15, 0.2) is 27.9 Å². The van der Waals surface area contributed by atoms with Crippen LogP contribution >= 0.6 is 0 Å². The van der Waals surface area contributed by atoms with Crippen LogP contribution in [0.2, 0.25) is 0 Å². The molecule has 0 bridgehead atoms. The first kappa shape index (κ1) is 17.7. The first-order valence-electron chi connectivity index (χ1n) is 8.87. The molecule has 0 unspecified atom stereocenters. The first-order chi connectivity index (χ1) is 12.4. The maximum atomic E-state index is 12.7. The number of aryl methyl sites for hydroxylation is 2. The van der Waals surface area contributed by atoms with Crippen molar-refractivity contribution in [1.29, 1.82) is 0 Å². The number of hydrogen-bond donors (Lipinski definition) is 1. The summed E-state index contributed by atoms with van der Waals surface area (Å²) < 4.78 is 36.7. The van der Waals surface area contributed by atoms with Gasteiger partial charge in [0.05, 0.1) is 28.6 Å². The maximum Gasteiger partial charge on any atom is 0.328 e. The number of fused-ring (bicyclic) bond motifs is 1. The summed E-state index contributed by atoms with van der Waals surface area (Å²) in [5.41, 5.74) is 1.11. The summed E-state index contributed by atoms with van der Waals surface area (Å²) >= 11 is 0. The Labute approximate surface area is 152 Å². The van der Waals surface area contributed by atoms with E-state index in [1.54, 1.807) is 20.2 Å². The van der Waals surface area contributed by atoms with E-state index in [0.717, 1.165) is 13.1 Å². The highest BCUT2D eigenvalue weighted by molar-refractivity contribution is 7.89. The Kier molecular flexibility index (Phi) is 4.42. The molecule has 1 N–H and O–H groups in total. The second kappa shape index (κ2) is 6.49. The molecule has 2 fully saturated rings. The predicted molar refractivity (Wildman–Crippen MR) is 97.7 cm³/mol. The van der Waals surface area contributed by atoms with Crippen LogP contribution in [0.5, 0.6) is 0 Å². The highest BCUT2D eigenvalue weighted by Crippen LogP contribution is 2.28. The second-order valence-electron chi connectivity index (χ2n) is 7.12. The van der Waals surface area contributed by atoms with Gasteiger partial charge in [-0.15, -0.1) is 0 Å². The molecule has 1 atom stereocenters. The van der Waals surface area contributed by atoms with Gasteiger partial charge in [0.15, 0.2) is 0 Å². The number of nitrogens with one attached hydrogen (secondary N) is 1. The van der Waals surface area contributed by atoms with Crippen LogP contribution in [0.4, 0.5) is 0 Å². The zero-order chi connectivity index (χ0) is 18.5. The first-order valence-corrected chi connectivity index (χ1v) is 10.4. The third-order valence-corrected chi connectivity index (χ3v) is 6.71. The molecule has 4 rings (SSSR count). The van der Waals surface area contributed by atoms with Gasteiger partial charge in [0.25, 0.3) is 0 Å². The third kappa shape index (κ3) is 3.20.